The van der Waals surface area contributed by atoms with Gasteiger partial charge in [0.05, 0.1) is 0 Å². The molecule has 1 aliphatic rings. The van der Waals surface area contributed by atoms with E-state index in [9.17, 15) is 8.42 Å². The lowest BCUT2D eigenvalue weighted by Crippen LogP contribution is -2.41. The topological polar surface area (TPSA) is 76.3 Å². The van der Waals surface area contributed by atoms with Crippen molar-refractivity contribution in [3.8, 4) is 0 Å². The minimum Gasteiger partial charge on any atom is -0.353 e. The largest absolute Gasteiger partial charge is 0.353 e. The molecule has 0 atom stereocenters. The van der Waals surface area contributed by atoms with Gasteiger partial charge in [-0.2, -0.15) is 0 Å². The Labute approximate surface area is 121 Å². The van der Waals surface area contributed by atoms with Crippen molar-refractivity contribution in [3.05, 3.63) is 18.3 Å². The summed E-state index contributed by atoms with van der Waals surface area (Å²) in [5, 5.41) is 0. The minimum absolute atomic E-state index is 0.281. The zero-order chi connectivity index (χ0) is 14.8. The van der Waals surface area contributed by atoms with Crippen LogP contribution in [0.15, 0.2) is 23.2 Å². The van der Waals surface area contributed by atoms with Gasteiger partial charge < -0.3 is 10.6 Å². The van der Waals surface area contributed by atoms with Crippen molar-refractivity contribution in [1.29, 1.82) is 0 Å². The number of rotatable bonds is 4. The number of nitrogens with two attached hydrogens (primary N) is 1. The van der Waals surface area contributed by atoms with Gasteiger partial charge in [-0.25, -0.2) is 13.4 Å². The second kappa shape index (κ2) is 6.10. The van der Waals surface area contributed by atoms with Crippen molar-refractivity contribution in [2.24, 2.45) is 5.73 Å². The molecule has 0 aliphatic heterocycles. The molecule has 2 rings (SSSR count). The van der Waals surface area contributed by atoms with Crippen LogP contribution in [0.4, 0.5) is 5.82 Å². The highest BCUT2D eigenvalue weighted by Gasteiger charge is 2.27. The molecule has 1 aromatic rings. The molecule has 2 N–H and O–H groups in total. The fourth-order valence-electron chi connectivity index (χ4n) is 2.88. The second-order valence-electron chi connectivity index (χ2n) is 5.45. The Morgan fingerprint density at radius 1 is 1.35 bits per heavy atom. The van der Waals surface area contributed by atoms with E-state index in [1.165, 1.54) is 6.26 Å². The quantitative estimate of drug-likeness (QED) is 0.913. The predicted molar refractivity (Wildman–Crippen MR) is 80.6 cm³/mol. The Morgan fingerprint density at radius 3 is 2.55 bits per heavy atom. The predicted octanol–water partition coefficient (Wildman–Crippen LogP) is 1.58. The molecule has 1 saturated carbocycles. The highest BCUT2D eigenvalue weighted by Crippen LogP contribution is 2.29. The van der Waals surface area contributed by atoms with Crippen molar-refractivity contribution in [1.82, 2.24) is 4.98 Å². The Bertz CT molecular complexity index is 551. The van der Waals surface area contributed by atoms with Crippen LogP contribution in [0.1, 0.15) is 32.6 Å². The first-order chi connectivity index (χ1) is 9.43. The molecule has 0 bridgehead atoms. The van der Waals surface area contributed by atoms with Gasteiger partial charge >= 0.3 is 0 Å². The summed E-state index contributed by atoms with van der Waals surface area (Å²) in [5.41, 5.74) is 5.95. The molecule has 112 valence electrons. The minimum atomic E-state index is -3.27. The maximum atomic E-state index is 11.9. The van der Waals surface area contributed by atoms with Crippen molar-refractivity contribution >= 4 is 15.7 Å². The SMILES string of the molecule is CCN(c1ncccc1S(C)(=O)=O)C1CCC(N)CC1. The Kier molecular flexibility index (Phi) is 4.65. The summed E-state index contributed by atoms with van der Waals surface area (Å²) in [4.78, 5) is 6.76. The van der Waals surface area contributed by atoms with Crippen molar-refractivity contribution in [3.63, 3.8) is 0 Å². The highest BCUT2D eigenvalue weighted by atomic mass is 32.2. The number of aromatic nitrogens is 1. The first kappa shape index (κ1) is 15.3. The number of hydrogen-bond acceptors (Lipinski definition) is 5. The van der Waals surface area contributed by atoms with Gasteiger partial charge in [-0.1, -0.05) is 0 Å². The third kappa shape index (κ3) is 3.30. The molecule has 1 fully saturated rings. The van der Waals surface area contributed by atoms with Gasteiger partial charge in [0, 0.05) is 31.1 Å². The zero-order valence-corrected chi connectivity index (χ0v) is 12.9. The van der Waals surface area contributed by atoms with Crippen LogP contribution >= 0.6 is 0 Å². The van der Waals surface area contributed by atoms with E-state index in [0.717, 1.165) is 32.2 Å². The van der Waals surface area contributed by atoms with Gasteiger partial charge in [0.25, 0.3) is 0 Å². The lowest BCUT2D eigenvalue weighted by atomic mass is 9.90. The smallest absolute Gasteiger partial charge is 0.179 e. The zero-order valence-electron chi connectivity index (χ0n) is 12.1. The van der Waals surface area contributed by atoms with E-state index in [2.05, 4.69) is 9.88 Å². The van der Waals surface area contributed by atoms with E-state index >= 15 is 0 Å². The average Bonchev–Trinajstić information content (AvgIpc) is 2.41. The molecule has 0 unspecified atom stereocenters. The summed E-state index contributed by atoms with van der Waals surface area (Å²) in [6.45, 7) is 2.79. The van der Waals surface area contributed by atoms with Gasteiger partial charge in [0.15, 0.2) is 9.84 Å². The Balaban J connectivity index is 2.33. The number of hydrogen-bond donors (Lipinski definition) is 1. The summed E-state index contributed by atoms with van der Waals surface area (Å²) in [5.74, 6) is 0.581. The summed E-state index contributed by atoms with van der Waals surface area (Å²) in [6.07, 6.45) is 6.85. The molecule has 0 spiro atoms. The van der Waals surface area contributed by atoms with E-state index in [1.807, 2.05) is 6.92 Å². The Morgan fingerprint density at radius 2 is 2.00 bits per heavy atom. The molecule has 0 radical (unpaired) electrons. The molecule has 1 aliphatic carbocycles. The summed E-state index contributed by atoms with van der Waals surface area (Å²) in [7, 11) is -3.27. The third-order valence-corrected chi connectivity index (χ3v) is 5.06. The summed E-state index contributed by atoms with van der Waals surface area (Å²) < 4.78 is 23.8. The lowest BCUT2D eigenvalue weighted by molar-refractivity contribution is 0.376. The maximum absolute atomic E-state index is 11.9. The Hall–Kier alpha value is -1.14. The van der Waals surface area contributed by atoms with Gasteiger partial charge in [0.1, 0.15) is 10.7 Å². The highest BCUT2D eigenvalue weighted by molar-refractivity contribution is 7.90. The van der Waals surface area contributed by atoms with Crippen LogP contribution in [0.5, 0.6) is 0 Å². The molecule has 0 aromatic carbocycles. The maximum Gasteiger partial charge on any atom is 0.179 e. The lowest BCUT2D eigenvalue weighted by Gasteiger charge is -2.36. The van der Waals surface area contributed by atoms with Crippen LogP contribution in [0, 0.1) is 0 Å². The van der Waals surface area contributed by atoms with Gasteiger partial charge in [-0.05, 0) is 44.7 Å². The van der Waals surface area contributed by atoms with E-state index < -0.39 is 9.84 Å². The number of pyridine rings is 1. The molecule has 0 amide bonds. The molecule has 1 aromatic heterocycles. The molecular formula is C14H23N3O2S. The molecule has 1 heterocycles. The van der Waals surface area contributed by atoms with Crippen molar-refractivity contribution < 1.29 is 8.42 Å². The van der Waals surface area contributed by atoms with E-state index in [4.69, 9.17) is 5.73 Å². The molecule has 20 heavy (non-hydrogen) atoms. The van der Waals surface area contributed by atoms with Gasteiger partial charge in [0.2, 0.25) is 0 Å². The molecule has 6 heteroatoms. The summed E-state index contributed by atoms with van der Waals surface area (Å²) >= 11 is 0. The van der Waals surface area contributed by atoms with Crippen LogP contribution in [0.2, 0.25) is 0 Å². The monoisotopic (exact) mass is 297 g/mol. The van der Waals surface area contributed by atoms with Crippen LogP contribution < -0.4 is 10.6 Å². The first-order valence-corrected chi connectivity index (χ1v) is 9.00. The third-order valence-electron chi connectivity index (χ3n) is 3.95. The van der Waals surface area contributed by atoms with Crippen LogP contribution in [-0.4, -0.2) is 38.3 Å². The fraction of sp³-hybridized carbons (Fsp3) is 0.643. The van der Waals surface area contributed by atoms with Crippen LogP contribution in [0.25, 0.3) is 0 Å². The average molecular weight is 297 g/mol. The number of anilines is 1. The van der Waals surface area contributed by atoms with E-state index in [1.54, 1.807) is 18.3 Å². The van der Waals surface area contributed by atoms with E-state index in [-0.39, 0.29) is 6.04 Å². The molecule has 5 nitrogen and oxygen atoms in total. The van der Waals surface area contributed by atoms with Crippen molar-refractivity contribution in [2.75, 3.05) is 17.7 Å². The second-order valence-corrected chi connectivity index (χ2v) is 7.44. The number of nitrogens with zero attached hydrogens (tertiary/aromatic N) is 2. The summed E-state index contributed by atoms with van der Waals surface area (Å²) in [6, 6.07) is 3.91. The fourth-order valence-corrected chi connectivity index (χ4v) is 3.71. The van der Waals surface area contributed by atoms with Gasteiger partial charge in [-0.15, -0.1) is 0 Å². The molecular weight excluding hydrogens is 274 g/mol. The number of sulfone groups is 1. The molecule has 0 saturated heterocycles. The normalized spacial score (nSPS) is 23.6. The van der Waals surface area contributed by atoms with Crippen LogP contribution in [0.3, 0.4) is 0 Å². The van der Waals surface area contributed by atoms with Crippen molar-refractivity contribution in [2.45, 2.75) is 49.6 Å². The van der Waals surface area contributed by atoms with Crippen LogP contribution in [-0.2, 0) is 9.84 Å². The van der Waals surface area contributed by atoms with E-state index in [0.29, 0.717) is 16.8 Å². The van der Waals surface area contributed by atoms with Gasteiger partial charge in [-0.3, -0.25) is 0 Å². The first-order valence-electron chi connectivity index (χ1n) is 7.10. The standard InChI is InChI=1S/C14H23N3O2S/c1-3-17(12-8-6-11(15)7-9-12)14-13(20(2,18)19)5-4-10-16-14/h4-5,10-12H,3,6-9,15H2,1-2H3.